The van der Waals surface area contributed by atoms with Gasteiger partial charge in [-0.15, -0.1) is 0 Å². The molecule has 0 spiro atoms. The zero-order chi connectivity index (χ0) is 17.6. The van der Waals surface area contributed by atoms with E-state index in [0.717, 1.165) is 16.5 Å². The van der Waals surface area contributed by atoms with E-state index in [1.54, 1.807) is 13.8 Å². The summed E-state index contributed by atoms with van der Waals surface area (Å²) in [5.41, 5.74) is 0. The van der Waals surface area contributed by atoms with Crippen LogP contribution in [0, 0.1) is 10.7 Å². The number of hydrogen-bond donors (Lipinski definition) is 2. The van der Waals surface area contributed by atoms with Gasteiger partial charge in [-0.1, -0.05) is 0 Å². The van der Waals surface area contributed by atoms with Crippen molar-refractivity contribution >= 4 is 67.8 Å². The molecule has 0 aliphatic carbocycles. The second kappa shape index (κ2) is 7.56. The molecule has 5 atom stereocenters. The van der Waals surface area contributed by atoms with Crippen LogP contribution in [0.4, 0.5) is 0 Å². The van der Waals surface area contributed by atoms with Crippen molar-refractivity contribution < 1.29 is 29.2 Å². The molecule has 2 saturated heterocycles. The summed E-state index contributed by atoms with van der Waals surface area (Å²) in [5.74, 6) is -0.0761. The van der Waals surface area contributed by atoms with Gasteiger partial charge in [-0.3, -0.25) is 0 Å². The maximum Gasteiger partial charge on any atom is 0.190 e. The van der Waals surface area contributed by atoms with Crippen LogP contribution < -0.4 is 4.74 Å². The molecule has 3 rings (SSSR count). The van der Waals surface area contributed by atoms with E-state index in [1.165, 1.54) is 0 Å². The summed E-state index contributed by atoms with van der Waals surface area (Å²) in [7, 11) is 0. The molecule has 2 aliphatic rings. The summed E-state index contributed by atoms with van der Waals surface area (Å²) in [4.78, 5) is 0. The largest absolute Gasteiger partial charge is 0.489 e. The summed E-state index contributed by atoms with van der Waals surface area (Å²) in [5, 5.41) is 20.7. The van der Waals surface area contributed by atoms with Gasteiger partial charge in [-0.05, 0) is 93.8 Å². The molecular formula is C15H17I3O6. The van der Waals surface area contributed by atoms with Crippen molar-refractivity contribution in [2.45, 2.75) is 50.3 Å². The molecule has 5 unspecified atom stereocenters. The minimum Gasteiger partial charge on any atom is -0.489 e. The van der Waals surface area contributed by atoms with Gasteiger partial charge in [0.2, 0.25) is 0 Å². The molecule has 2 fully saturated rings. The second-order valence-electron chi connectivity index (χ2n) is 6.14. The Bertz CT molecular complexity index is 602. The van der Waals surface area contributed by atoms with Gasteiger partial charge in [0.1, 0.15) is 36.8 Å². The fourth-order valence-corrected chi connectivity index (χ4v) is 6.66. The van der Waals surface area contributed by atoms with Crippen molar-refractivity contribution in [1.29, 1.82) is 0 Å². The molecule has 6 nitrogen and oxygen atoms in total. The summed E-state index contributed by atoms with van der Waals surface area (Å²) in [6.07, 6.45) is -4.04. The molecule has 2 N–H and O–H groups in total. The molecular weight excluding hydrogens is 657 g/mol. The Morgan fingerprint density at radius 3 is 2.42 bits per heavy atom. The maximum atomic E-state index is 10.4. The predicted octanol–water partition coefficient (Wildman–Crippen LogP) is 2.48. The highest BCUT2D eigenvalue weighted by atomic mass is 127. The Morgan fingerprint density at radius 2 is 1.83 bits per heavy atom. The van der Waals surface area contributed by atoms with Gasteiger partial charge in [0.25, 0.3) is 0 Å². The topological polar surface area (TPSA) is 77.4 Å². The molecule has 1 aromatic carbocycles. The van der Waals surface area contributed by atoms with Crippen LogP contribution >= 0.6 is 67.8 Å². The van der Waals surface area contributed by atoms with Crippen molar-refractivity contribution in [3.63, 3.8) is 0 Å². The molecule has 0 radical (unpaired) electrons. The summed E-state index contributed by atoms with van der Waals surface area (Å²) >= 11 is 6.64. The van der Waals surface area contributed by atoms with E-state index in [9.17, 15) is 10.2 Å². The highest BCUT2D eigenvalue weighted by molar-refractivity contribution is 14.1. The number of ether oxygens (including phenoxy) is 4. The minimum atomic E-state index is -0.994. The first-order valence-corrected chi connectivity index (χ1v) is 10.6. The average molecular weight is 674 g/mol. The van der Waals surface area contributed by atoms with E-state index < -0.39 is 36.5 Å². The number of halogens is 3. The zero-order valence-electron chi connectivity index (χ0n) is 12.9. The van der Waals surface area contributed by atoms with E-state index in [-0.39, 0.29) is 6.61 Å². The normalized spacial score (nSPS) is 32.6. The standard InChI is InChI=1S/C15H17I3O6/c1-15(2)23-13-10(20)12(22-14(13)24-15)9(19)5-21-11-7(17)3-6(16)4-8(11)18/h3-4,9-10,12-14,19-20H,5H2,1-2H3. The SMILES string of the molecule is CC1(C)OC2OC(C(O)COc3c(I)cc(I)cc3I)C(O)C2O1. The first-order chi connectivity index (χ1) is 11.2. The maximum absolute atomic E-state index is 10.4. The highest BCUT2D eigenvalue weighted by Gasteiger charge is 2.56. The number of aliphatic hydroxyl groups is 2. The summed E-state index contributed by atoms with van der Waals surface area (Å²) in [6.45, 7) is 3.53. The van der Waals surface area contributed by atoms with Gasteiger partial charge in [0.05, 0.1) is 7.14 Å². The molecule has 2 aliphatic heterocycles. The van der Waals surface area contributed by atoms with Gasteiger partial charge in [-0.2, -0.15) is 0 Å². The Kier molecular flexibility index (Phi) is 6.22. The summed E-state index contributed by atoms with van der Waals surface area (Å²) < 4.78 is 25.7. The lowest BCUT2D eigenvalue weighted by Crippen LogP contribution is -2.43. The molecule has 9 heteroatoms. The van der Waals surface area contributed by atoms with Gasteiger partial charge < -0.3 is 29.2 Å². The molecule has 0 amide bonds. The van der Waals surface area contributed by atoms with Crippen molar-refractivity contribution in [2.75, 3.05) is 6.61 Å². The van der Waals surface area contributed by atoms with E-state index >= 15 is 0 Å². The molecule has 0 saturated carbocycles. The van der Waals surface area contributed by atoms with Crippen LogP contribution in [0.25, 0.3) is 0 Å². The lowest BCUT2D eigenvalue weighted by molar-refractivity contribution is -0.227. The number of hydrogen-bond acceptors (Lipinski definition) is 6. The smallest absolute Gasteiger partial charge is 0.190 e. The molecule has 0 aromatic heterocycles. The number of aliphatic hydroxyl groups excluding tert-OH is 2. The Labute approximate surface area is 181 Å². The van der Waals surface area contributed by atoms with E-state index in [2.05, 4.69) is 67.8 Å². The first kappa shape index (κ1) is 19.8. The number of benzene rings is 1. The van der Waals surface area contributed by atoms with E-state index in [0.29, 0.717) is 0 Å². The fraction of sp³-hybridized carbons (Fsp3) is 0.600. The third-order valence-electron chi connectivity index (χ3n) is 3.79. The van der Waals surface area contributed by atoms with Gasteiger partial charge >= 0.3 is 0 Å². The van der Waals surface area contributed by atoms with Crippen molar-refractivity contribution in [2.24, 2.45) is 0 Å². The van der Waals surface area contributed by atoms with Gasteiger partial charge in [0, 0.05) is 3.57 Å². The number of rotatable bonds is 4. The van der Waals surface area contributed by atoms with E-state index in [1.807, 2.05) is 12.1 Å². The Morgan fingerprint density at radius 1 is 1.21 bits per heavy atom. The van der Waals surface area contributed by atoms with Crippen LogP contribution in [0.3, 0.4) is 0 Å². The van der Waals surface area contributed by atoms with Crippen LogP contribution in [0.5, 0.6) is 5.75 Å². The number of fused-ring (bicyclic) bond motifs is 1. The average Bonchev–Trinajstić information content (AvgIpc) is 2.91. The molecule has 2 heterocycles. The first-order valence-electron chi connectivity index (χ1n) is 7.32. The van der Waals surface area contributed by atoms with Gasteiger partial charge in [-0.25, -0.2) is 0 Å². The summed E-state index contributed by atoms with van der Waals surface area (Å²) in [6, 6.07) is 4.00. The molecule has 134 valence electrons. The van der Waals surface area contributed by atoms with Crippen molar-refractivity contribution in [3.8, 4) is 5.75 Å². The molecule has 1 aromatic rings. The molecule has 24 heavy (non-hydrogen) atoms. The quantitative estimate of drug-likeness (QED) is 0.479. The lowest BCUT2D eigenvalue weighted by atomic mass is 10.1. The lowest BCUT2D eigenvalue weighted by Gasteiger charge is -2.26. The second-order valence-corrected chi connectivity index (χ2v) is 9.71. The van der Waals surface area contributed by atoms with Crippen LogP contribution in [0.2, 0.25) is 0 Å². The highest BCUT2D eigenvalue weighted by Crippen LogP contribution is 2.38. The fourth-order valence-electron chi connectivity index (χ4n) is 2.76. The monoisotopic (exact) mass is 674 g/mol. The molecule has 0 bridgehead atoms. The van der Waals surface area contributed by atoms with Crippen LogP contribution in [-0.4, -0.2) is 53.3 Å². The predicted molar refractivity (Wildman–Crippen MR) is 111 cm³/mol. The Balaban J connectivity index is 1.62. The van der Waals surface area contributed by atoms with Crippen molar-refractivity contribution in [1.82, 2.24) is 0 Å². The third-order valence-corrected chi connectivity index (χ3v) is 6.02. The van der Waals surface area contributed by atoms with Crippen LogP contribution in [0.15, 0.2) is 12.1 Å². The van der Waals surface area contributed by atoms with E-state index in [4.69, 9.17) is 18.9 Å². The van der Waals surface area contributed by atoms with Gasteiger partial charge in [0.15, 0.2) is 12.1 Å². The third kappa shape index (κ3) is 4.12. The minimum absolute atomic E-state index is 0.0111. The van der Waals surface area contributed by atoms with Crippen LogP contribution in [0.1, 0.15) is 13.8 Å². The van der Waals surface area contributed by atoms with Crippen molar-refractivity contribution in [3.05, 3.63) is 22.8 Å². The van der Waals surface area contributed by atoms with Crippen LogP contribution in [-0.2, 0) is 14.2 Å². The Hall–Kier alpha value is 1.01. The zero-order valence-corrected chi connectivity index (χ0v) is 19.4.